The van der Waals surface area contributed by atoms with Gasteiger partial charge in [0.25, 0.3) is 0 Å². The molecule has 16 heavy (non-hydrogen) atoms. The molecule has 0 aliphatic rings. The number of ether oxygens (including phenoxy) is 1. The molecule has 88 valence electrons. The molecule has 0 bridgehead atoms. The lowest BCUT2D eigenvalue weighted by atomic mass is 9.98. The summed E-state index contributed by atoms with van der Waals surface area (Å²) >= 11 is 0. The van der Waals surface area contributed by atoms with Gasteiger partial charge in [0.15, 0.2) is 0 Å². The summed E-state index contributed by atoms with van der Waals surface area (Å²) in [6.07, 6.45) is 2.18. The van der Waals surface area contributed by atoms with Gasteiger partial charge in [-0.25, -0.2) is 0 Å². The van der Waals surface area contributed by atoms with Crippen molar-refractivity contribution in [3.63, 3.8) is 0 Å². The van der Waals surface area contributed by atoms with E-state index in [9.17, 15) is 4.79 Å². The van der Waals surface area contributed by atoms with Gasteiger partial charge in [-0.1, -0.05) is 37.6 Å². The molecule has 0 amide bonds. The smallest absolute Gasteiger partial charge is 0.313 e. The van der Waals surface area contributed by atoms with E-state index in [0.717, 1.165) is 18.4 Å². The lowest BCUT2D eigenvalue weighted by Gasteiger charge is -2.11. The molecule has 1 rings (SSSR count). The van der Waals surface area contributed by atoms with Crippen molar-refractivity contribution in [1.82, 2.24) is 0 Å². The topological polar surface area (TPSA) is 26.3 Å². The van der Waals surface area contributed by atoms with Gasteiger partial charge >= 0.3 is 5.97 Å². The first-order chi connectivity index (χ1) is 7.69. The van der Waals surface area contributed by atoms with E-state index < -0.39 is 0 Å². The fraction of sp³-hybridized carbons (Fsp3) is 0.500. The van der Waals surface area contributed by atoms with Crippen LogP contribution in [0.5, 0.6) is 0 Å². The van der Waals surface area contributed by atoms with E-state index in [4.69, 9.17) is 4.74 Å². The Bertz CT molecular complexity index is 344. The first kappa shape index (κ1) is 12.8. The zero-order valence-corrected chi connectivity index (χ0v) is 10.3. The fourth-order valence-electron chi connectivity index (χ4n) is 1.71. The lowest BCUT2D eigenvalue weighted by Crippen LogP contribution is -2.13. The Balaban J connectivity index is 2.78. The van der Waals surface area contributed by atoms with Gasteiger partial charge in [0.05, 0.1) is 12.5 Å². The summed E-state index contributed by atoms with van der Waals surface area (Å²) in [5.41, 5.74) is 2.33. The second kappa shape index (κ2) is 6.31. The van der Waals surface area contributed by atoms with Crippen LogP contribution in [0.2, 0.25) is 0 Å². The van der Waals surface area contributed by atoms with Crippen LogP contribution in [0.4, 0.5) is 0 Å². The zero-order valence-electron chi connectivity index (χ0n) is 10.3. The molecule has 0 heterocycles. The molecule has 1 aromatic rings. The number of carbonyl (C=O) groups is 1. The number of hydrogen-bond acceptors (Lipinski definition) is 2. The van der Waals surface area contributed by atoms with Gasteiger partial charge in [0.1, 0.15) is 0 Å². The van der Waals surface area contributed by atoms with Gasteiger partial charge in [-0.3, -0.25) is 4.79 Å². The largest absolute Gasteiger partial charge is 0.466 e. The second-order valence-corrected chi connectivity index (χ2v) is 3.97. The van der Waals surface area contributed by atoms with E-state index in [2.05, 4.69) is 19.1 Å². The molecule has 0 saturated heterocycles. The quantitative estimate of drug-likeness (QED) is 0.712. The molecule has 0 aromatic heterocycles. The van der Waals surface area contributed by atoms with Crippen LogP contribution in [0.15, 0.2) is 24.3 Å². The predicted molar refractivity (Wildman–Crippen MR) is 65.5 cm³/mol. The van der Waals surface area contributed by atoms with Crippen LogP contribution >= 0.6 is 0 Å². The maximum atomic E-state index is 11.6. The van der Waals surface area contributed by atoms with Gasteiger partial charge in [-0.2, -0.15) is 0 Å². The molecule has 0 radical (unpaired) electrons. The minimum absolute atomic E-state index is 0.142. The molecule has 0 fully saturated rings. The minimum Gasteiger partial charge on any atom is -0.466 e. The maximum Gasteiger partial charge on any atom is 0.313 e. The van der Waals surface area contributed by atoms with Crippen LogP contribution in [0.1, 0.15) is 44.2 Å². The van der Waals surface area contributed by atoms with Crippen molar-refractivity contribution in [2.75, 3.05) is 6.61 Å². The summed E-state index contributed by atoms with van der Waals surface area (Å²) in [7, 11) is 0. The summed E-state index contributed by atoms with van der Waals surface area (Å²) in [4.78, 5) is 11.6. The van der Waals surface area contributed by atoms with Crippen molar-refractivity contribution in [3.05, 3.63) is 35.4 Å². The molecule has 1 aromatic carbocycles. The van der Waals surface area contributed by atoms with Gasteiger partial charge in [-0.15, -0.1) is 0 Å². The van der Waals surface area contributed by atoms with Gasteiger partial charge < -0.3 is 4.74 Å². The standard InChI is InChI=1S/C14H20O2/c1-4-7-12-8-6-9-13(10-12)11(3)14(15)16-5-2/h6,8-11H,4-5,7H2,1-3H3. The van der Waals surface area contributed by atoms with Gasteiger partial charge in [-0.05, 0) is 31.4 Å². The van der Waals surface area contributed by atoms with Gasteiger partial charge in [0.2, 0.25) is 0 Å². The molecular formula is C14H20O2. The van der Waals surface area contributed by atoms with Crippen LogP contribution < -0.4 is 0 Å². The van der Waals surface area contributed by atoms with Crippen molar-refractivity contribution in [1.29, 1.82) is 0 Å². The summed E-state index contributed by atoms with van der Waals surface area (Å²) < 4.78 is 5.02. The lowest BCUT2D eigenvalue weighted by molar-refractivity contribution is -0.144. The molecule has 2 nitrogen and oxygen atoms in total. The molecule has 1 atom stereocenters. The molecule has 0 aliphatic carbocycles. The van der Waals surface area contributed by atoms with E-state index >= 15 is 0 Å². The van der Waals surface area contributed by atoms with E-state index in [1.165, 1.54) is 5.56 Å². The highest BCUT2D eigenvalue weighted by atomic mass is 16.5. The molecule has 0 saturated carbocycles. The van der Waals surface area contributed by atoms with Crippen molar-refractivity contribution in [2.45, 2.75) is 39.5 Å². The third-order valence-electron chi connectivity index (χ3n) is 2.63. The zero-order chi connectivity index (χ0) is 12.0. The first-order valence-corrected chi connectivity index (χ1v) is 5.94. The van der Waals surface area contributed by atoms with E-state index in [1.54, 1.807) is 0 Å². The van der Waals surface area contributed by atoms with Crippen molar-refractivity contribution < 1.29 is 9.53 Å². The third kappa shape index (κ3) is 3.37. The minimum atomic E-state index is -0.170. The number of carbonyl (C=O) groups excluding carboxylic acids is 1. The Morgan fingerprint density at radius 2 is 2.12 bits per heavy atom. The van der Waals surface area contributed by atoms with Crippen molar-refractivity contribution in [3.8, 4) is 0 Å². The summed E-state index contributed by atoms with van der Waals surface area (Å²) in [5.74, 6) is -0.312. The Hall–Kier alpha value is -1.31. The average Bonchev–Trinajstić information content (AvgIpc) is 2.29. The van der Waals surface area contributed by atoms with Crippen LogP contribution in [0, 0.1) is 0 Å². The summed E-state index contributed by atoms with van der Waals surface area (Å²) in [6, 6.07) is 8.20. The predicted octanol–water partition coefficient (Wildman–Crippen LogP) is 3.31. The SMILES string of the molecule is CCCc1cccc(C(C)C(=O)OCC)c1. The summed E-state index contributed by atoms with van der Waals surface area (Å²) in [6.45, 7) is 6.32. The Kier molecular flexibility index (Phi) is 5.03. The Morgan fingerprint density at radius 1 is 1.38 bits per heavy atom. The van der Waals surface area contributed by atoms with Gasteiger partial charge in [0, 0.05) is 0 Å². The third-order valence-corrected chi connectivity index (χ3v) is 2.63. The van der Waals surface area contributed by atoms with Crippen molar-refractivity contribution >= 4 is 5.97 Å². The molecule has 0 aliphatic heterocycles. The number of rotatable bonds is 5. The molecule has 0 N–H and O–H groups in total. The van der Waals surface area contributed by atoms with Crippen LogP contribution in [-0.2, 0) is 16.0 Å². The highest BCUT2D eigenvalue weighted by Gasteiger charge is 2.16. The number of benzene rings is 1. The molecule has 0 spiro atoms. The molecular weight excluding hydrogens is 200 g/mol. The van der Waals surface area contributed by atoms with Crippen LogP contribution in [0.25, 0.3) is 0 Å². The maximum absolute atomic E-state index is 11.6. The Morgan fingerprint density at radius 3 is 2.75 bits per heavy atom. The average molecular weight is 220 g/mol. The molecule has 2 heteroatoms. The number of esters is 1. The number of aryl methyl sites for hydroxylation is 1. The monoisotopic (exact) mass is 220 g/mol. The normalized spacial score (nSPS) is 12.2. The van der Waals surface area contributed by atoms with Crippen LogP contribution in [-0.4, -0.2) is 12.6 Å². The first-order valence-electron chi connectivity index (χ1n) is 5.94. The second-order valence-electron chi connectivity index (χ2n) is 3.97. The number of hydrogen-bond donors (Lipinski definition) is 0. The van der Waals surface area contributed by atoms with Crippen LogP contribution in [0.3, 0.4) is 0 Å². The Labute approximate surface area is 97.6 Å². The highest BCUT2D eigenvalue weighted by Crippen LogP contribution is 2.18. The van der Waals surface area contributed by atoms with Crippen molar-refractivity contribution in [2.24, 2.45) is 0 Å². The van der Waals surface area contributed by atoms with E-state index in [1.807, 2.05) is 26.0 Å². The highest BCUT2D eigenvalue weighted by molar-refractivity contribution is 5.77. The summed E-state index contributed by atoms with van der Waals surface area (Å²) in [5, 5.41) is 0. The van der Waals surface area contributed by atoms with E-state index in [-0.39, 0.29) is 11.9 Å². The van der Waals surface area contributed by atoms with E-state index in [0.29, 0.717) is 6.61 Å². The fourth-order valence-corrected chi connectivity index (χ4v) is 1.71. The molecule has 1 unspecified atom stereocenters.